The molecule has 0 unspecified atom stereocenters. The summed E-state index contributed by atoms with van der Waals surface area (Å²) in [7, 11) is 1.89. The van der Waals surface area contributed by atoms with E-state index >= 15 is 0 Å². The lowest BCUT2D eigenvalue weighted by molar-refractivity contribution is 0.0691. The highest BCUT2D eigenvalue weighted by Gasteiger charge is 2.27. The maximum absolute atomic E-state index is 14.2. The van der Waals surface area contributed by atoms with E-state index in [9.17, 15) is 9.18 Å². The normalized spacial score (nSPS) is 17.4. The van der Waals surface area contributed by atoms with Crippen molar-refractivity contribution in [3.05, 3.63) is 60.0 Å². The number of hydrogen-bond donors (Lipinski definition) is 0. The Morgan fingerprint density at radius 1 is 0.879 bits per heavy atom. The Balaban J connectivity index is 1.38. The molecule has 1 amide bonds. The smallest absolute Gasteiger partial charge is 0.275 e. The van der Waals surface area contributed by atoms with Crippen LogP contribution in [0.5, 0.6) is 0 Å². The van der Waals surface area contributed by atoms with Gasteiger partial charge in [0.25, 0.3) is 5.91 Å². The third-order valence-electron chi connectivity index (χ3n) is 7.09. The van der Waals surface area contributed by atoms with Gasteiger partial charge < -0.3 is 14.7 Å². The fourth-order valence-electron chi connectivity index (χ4n) is 5.15. The summed E-state index contributed by atoms with van der Waals surface area (Å²) in [5.74, 6) is 0.540. The van der Waals surface area contributed by atoms with E-state index in [2.05, 4.69) is 20.0 Å². The molecule has 0 spiro atoms. The maximum Gasteiger partial charge on any atom is 0.275 e. The fourth-order valence-corrected chi connectivity index (χ4v) is 5.15. The van der Waals surface area contributed by atoms with E-state index in [4.69, 9.17) is 0 Å². The number of benzene rings is 2. The molecule has 6 nitrogen and oxygen atoms in total. The molecule has 2 heterocycles. The van der Waals surface area contributed by atoms with Crippen molar-refractivity contribution < 1.29 is 9.18 Å². The number of carbonyl (C=O) groups excluding carboxylic acids is 1. The van der Waals surface area contributed by atoms with E-state index in [1.807, 2.05) is 48.3 Å². The van der Waals surface area contributed by atoms with Crippen LogP contribution < -0.4 is 9.80 Å². The van der Waals surface area contributed by atoms with E-state index in [0.717, 1.165) is 29.4 Å². The van der Waals surface area contributed by atoms with Gasteiger partial charge in [0.2, 0.25) is 0 Å². The highest BCUT2D eigenvalue weighted by Crippen LogP contribution is 2.30. The highest BCUT2D eigenvalue weighted by atomic mass is 19.1. The molecule has 33 heavy (non-hydrogen) atoms. The first-order valence-electron chi connectivity index (χ1n) is 11.9. The Labute approximate surface area is 194 Å². The number of anilines is 2. The molecule has 2 fully saturated rings. The zero-order valence-corrected chi connectivity index (χ0v) is 19.1. The quantitative estimate of drug-likeness (QED) is 0.589. The van der Waals surface area contributed by atoms with E-state index in [1.54, 1.807) is 6.07 Å². The fraction of sp³-hybridized carbons (Fsp3) is 0.423. The monoisotopic (exact) mass is 447 g/mol. The van der Waals surface area contributed by atoms with Gasteiger partial charge in [0, 0.05) is 50.0 Å². The summed E-state index contributed by atoms with van der Waals surface area (Å²) in [6.07, 6.45) is 5.70. The number of rotatable bonds is 4. The standard InChI is InChI=1S/C26H30FN5O/c1-30(19-9-3-2-4-10-19)26(33)24-20-11-5-6-12-21(20)25(29-28-24)32-17-15-31(16-18-32)23-14-8-7-13-22(23)27/h5-8,11-14,19H,2-4,9-10,15-18H2,1H3. The molecule has 3 aromatic rings. The van der Waals surface area contributed by atoms with Gasteiger partial charge in [-0.25, -0.2) is 4.39 Å². The summed E-state index contributed by atoms with van der Waals surface area (Å²) in [5.41, 5.74) is 1.06. The van der Waals surface area contributed by atoms with Crippen LogP contribution in [0.2, 0.25) is 0 Å². The second-order valence-corrected chi connectivity index (χ2v) is 9.05. The highest BCUT2D eigenvalue weighted by molar-refractivity contribution is 6.07. The van der Waals surface area contributed by atoms with Gasteiger partial charge in [-0.3, -0.25) is 4.79 Å². The largest absolute Gasteiger partial charge is 0.366 e. The Morgan fingerprint density at radius 3 is 2.24 bits per heavy atom. The van der Waals surface area contributed by atoms with E-state index in [1.165, 1.54) is 25.3 Å². The second kappa shape index (κ2) is 9.33. The molecule has 0 bridgehead atoms. The van der Waals surface area contributed by atoms with Crippen molar-refractivity contribution in [3.8, 4) is 0 Å². The lowest BCUT2D eigenvalue weighted by atomic mass is 9.94. The van der Waals surface area contributed by atoms with Crippen LogP contribution in [0.4, 0.5) is 15.9 Å². The van der Waals surface area contributed by atoms with Crippen LogP contribution in [-0.2, 0) is 0 Å². The Morgan fingerprint density at radius 2 is 1.52 bits per heavy atom. The predicted octanol–water partition coefficient (Wildman–Crippen LogP) is 4.50. The molecule has 7 heteroatoms. The van der Waals surface area contributed by atoms with Crippen LogP contribution in [-0.4, -0.2) is 60.3 Å². The summed E-state index contributed by atoms with van der Waals surface area (Å²) < 4.78 is 14.2. The molecule has 0 N–H and O–H groups in total. The maximum atomic E-state index is 14.2. The zero-order chi connectivity index (χ0) is 22.8. The van der Waals surface area contributed by atoms with Gasteiger partial charge in [0.05, 0.1) is 5.69 Å². The number of carbonyl (C=O) groups is 1. The van der Waals surface area contributed by atoms with Gasteiger partial charge in [-0.1, -0.05) is 55.7 Å². The minimum absolute atomic E-state index is 0.0541. The summed E-state index contributed by atoms with van der Waals surface area (Å²) >= 11 is 0. The van der Waals surface area contributed by atoms with Crippen LogP contribution in [0.15, 0.2) is 48.5 Å². The minimum atomic E-state index is -0.193. The first kappa shape index (κ1) is 21.6. The van der Waals surface area contributed by atoms with Crippen molar-refractivity contribution in [2.24, 2.45) is 0 Å². The molecule has 1 aliphatic carbocycles. The average Bonchev–Trinajstić information content (AvgIpc) is 2.88. The summed E-state index contributed by atoms with van der Waals surface area (Å²) in [6, 6.07) is 15.1. The Bertz CT molecular complexity index is 1140. The molecule has 1 saturated carbocycles. The second-order valence-electron chi connectivity index (χ2n) is 9.05. The van der Waals surface area contributed by atoms with Crippen LogP contribution in [0.25, 0.3) is 10.8 Å². The van der Waals surface area contributed by atoms with Gasteiger partial charge in [-0.15, -0.1) is 10.2 Å². The van der Waals surface area contributed by atoms with Gasteiger partial charge in [-0.2, -0.15) is 0 Å². The zero-order valence-electron chi connectivity index (χ0n) is 19.1. The van der Waals surface area contributed by atoms with Crippen molar-refractivity contribution >= 4 is 28.2 Å². The first-order valence-corrected chi connectivity index (χ1v) is 11.9. The van der Waals surface area contributed by atoms with Gasteiger partial charge in [-0.05, 0) is 25.0 Å². The Kier molecular flexibility index (Phi) is 6.11. The molecular weight excluding hydrogens is 417 g/mol. The third-order valence-corrected chi connectivity index (χ3v) is 7.09. The number of para-hydroxylation sites is 1. The van der Waals surface area contributed by atoms with Gasteiger partial charge in [0.1, 0.15) is 5.82 Å². The van der Waals surface area contributed by atoms with E-state index in [0.29, 0.717) is 37.6 Å². The molecule has 1 aromatic heterocycles. The number of fused-ring (bicyclic) bond motifs is 1. The predicted molar refractivity (Wildman–Crippen MR) is 129 cm³/mol. The number of hydrogen-bond acceptors (Lipinski definition) is 5. The van der Waals surface area contributed by atoms with Gasteiger partial charge in [0.15, 0.2) is 11.5 Å². The number of amides is 1. The molecule has 2 aromatic carbocycles. The van der Waals surface area contributed by atoms with Gasteiger partial charge >= 0.3 is 0 Å². The molecule has 1 aliphatic heterocycles. The van der Waals surface area contributed by atoms with E-state index < -0.39 is 0 Å². The lowest BCUT2D eigenvalue weighted by Crippen LogP contribution is -2.47. The molecule has 2 aliphatic rings. The number of nitrogens with zero attached hydrogens (tertiary/aromatic N) is 5. The number of halogens is 1. The number of piperazine rings is 1. The van der Waals surface area contributed by atoms with Crippen molar-refractivity contribution in [3.63, 3.8) is 0 Å². The third kappa shape index (κ3) is 4.24. The van der Waals surface area contributed by atoms with E-state index in [-0.39, 0.29) is 17.8 Å². The average molecular weight is 448 g/mol. The molecule has 0 atom stereocenters. The van der Waals surface area contributed by atoms with Crippen molar-refractivity contribution in [2.75, 3.05) is 43.0 Å². The summed E-state index contributed by atoms with van der Waals surface area (Å²) in [5, 5.41) is 10.7. The Hall–Kier alpha value is -3.22. The number of aromatic nitrogens is 2. The van der Waals surface area contributed by atoms with Crippen molar-refractivity contribution in [2.45, 2.75) is 38.1 Å². The van der Waals surface area contributed by atoms with Crippen LogP contribution in [0.3, 0.4) is 0 Å². The van der Waals surface area contributed by atoms with Crippen LogP contribution in [0.1, 0.15) is 42.6 Å². The van der Waals surface area contributed by atoms with Crippen molar-refractivity contribution in [1.29, 1.82) is 0 Å². The first-order chi connectivity index (χ1) is 16.1. The SMILES string of the molecule is CN(C(=O)c1nnc(N2CCN(c3ccccc3F)CC2)c2ccccc12)C1CCCCC1. The lowest BCUT2D eigenvalue weighted by Gasteiger charge is -2.37. The van der Waals surface area contributed by atoms with Crippen LogP contribution in [0, 0.1) is 5.82 Å². The topological polar surface area (TPSA) is 52.6 Å². The molecule has 172 valence electrons. The molecule has 5 rings (SSSR count). The van der Waals surface area contributed by atoms with Crippen molar-refractivity contribution in [1.82, 2.24) is 15.1 Å². The minimum Gasteiger partial charge on any atom is -0.366 e. The summed E-state index contributed by atoms with van der Waals surface area (Å²) in [6.45, 7) is 2.81. The summed E-state index contributed by atoms with van der Waals surface area (Å²) in [4.78, 5) is 19.5. The van der Waals surface area contributed by atoms with Crippen LogP contribution >= 0.6 is 0 Å². The molecule has 1 saturated heterocycles. The molecular formula is C26H30FN5O. The molecule has 0 radical (unpaired) electrons.